The van der Waals surface area contributed by atoms with Crippen molar-refractivity contribution in [1.82, 2.24) is 25.4 Å². The van der Waals surface area contributed by atoms with Crippen molar-refractivity contribution in [2.24, 2.45) is 11.1 Å². The van der Waals surface area contributed by atoms with Gasteiger partial charge in [0.2, 0.25) is 23.6 Å². The highest BCUT2D eigenvalue weighted by Gasteiger charge is 2.37. The third-order valence-corrected chi connectivity index (χ3v) is 10.0. The maximum absolute atomic E-state index is 15.2. The molecule has 350 valence electrons. The summed E-state index contributed by atoms with van der Waals surface area (Å²) in [6.07, 6.45) is -0.321. The Hall–Kier alpha value is -6.62. The van der Waals surface area contributed by atoms with Gasteiger partial charge in [-0.15, -0.1) is 0 Å². The van der Waals surface area contributed by atoms with Crippen LogP contribution in [-0.4, -0.2) is 87.6 Å². The van der Waals surface area contributed by atoms with Crippen LogP contribution in [0.3, 0.4) is 0 Å². The largest absolute Gasteiger partial charge is 0.460 e. The van der Waals surface area contributed by atoms with Gasteiger partial charge in [-0.2, -0.15) is 0 Å². The zero-order valence-electron chi connectivity index (χ0n) is 37.7. The van der Waals surface area contributed by atoms with Crippen molar-refractivity contribution in [3.05, 3.63) is 120 Å². The van der Waals surface area contributed by atoms with Gasteiger partial charge in [-0.3, -0.25) is 24.0 Å². The molecule has 15 nitrogen and oxygen atoms in total. The lowest BCUT2D eigenvalue weighted by molar-refractivity contribution is -0.155. The smallest absolute Gasteiger partial charge is 0.408 e. The van der Waals surface area contributed by atoms with Crippen LogP contribution < -0.4 is 21.7 Å². The van der Waals surface area contributed by atoms with E-state index in [1.165, 1.54) is 4.90 Å². The molecule has 6 N–H and O–H groups in total. The molecule has 0 saturated heterocycles. The Labute approximate surface area is 378 Å². The van der Waals surface area contributed by atoms with E-state index in [0.29, 0.717) is 23.4 Å². The third kappa shape index (κ3) is 16.2. The summed E-state index contributed by atoms with van der Waals surface area (Å²) < 4.78 is 42.1. The molecule has 0 aliphatic carbocycles. The number of aliphatic hydroxyl groups is 1. The monoisotopic (exact) mass is 902 g/mol. The number of alkyl carbamates (subject to hydrolysis) is 1. The first-order chi connectivity index (χ1) is 30.6. The van der Waals surface area contributed by atoms with Crippen molar-refractivity contribution in [2.45, 2.75) is 104 Å². The molecule has 3 atom stereocenters. The number of nitrogens with zero attached hydrogens (tertiary/aromatic N) is 2. The van der Waals surface area contributed by atoms with E-state index in [0.717, 1.165) is 23.8 Å². The van der Waals surface area contributed by atoms with E-state index in [1.807, 2.05) is 55.7 Å². The number of carbonyl (C=O) groups excluding carboxylic acids is 6. The minimum atomic E-state index is -1.51. The predicted molar refractivity (Wildman–Crippen MR) is 238 cm³/mol. The third-order valence-electron chi connectivity index (χ3n) is 10.0. The van der Waals surface area contributed by atoms with Crippen molar-refractivity contribution in [3.63, 3.8) is 0 Å². The van der Waals surface area contributed by atoms with Gasteiger partial charge in [0.25, 0.3) is 0 Å². The molecule has 1 aromatic heterocycles. The zero-order valence-corrected chi connectivity index (χ0v) is 37.7. The standard InChI is InChI=1S/C48H60F2N6O9/c1-47(2,3)43(39-24-33(35-25-34(49)18-19-36(35)50)28-55(39)27-31-14-9-7-10-15-31)56(41(59)29-57)23-13-22-52-44(61)38(26-40(51)58)53-45(62)37(20-21-42(60)65-48(4,5)6)54-46(63)64-30-32-16-11-8-12-17-32/h7-12,14-19,24-25,28,37-38,43,57H,13,20-23,26-27,29-30H2,1-6H3,(H2,51,58)(H,52,61)(H,53,62)(H,54,63)/t37-,38-,43-/m0/s1. The SMILES string of the molecule is CC(C)(C)OC(=O)CC[C@H](NC(=O)OCc1ccccc1)C(=O)N[C@@H](CC(N)=O)C(=O)NCCCN(C(=O)CO)[C@@H](c1cc(-c2cc(F)ccc2F)cn1Cc1ccccc1)C(C)(C)C. The fraction of sp³-hybridized carbons (Fsp3) is 0.417. The van der Waals surface area contributed by atoms with Gasteiger partial charge in [-0.05, 0) is 74.4 Å². The second kappa shape index (κ2) is 23.4. The summed E-state index contributed by atoms with van der Waals surface area (Å²) in [4.78, 5) is 79.9. The molecule has 0 unspecified atom stereocenters. The van der Waals surface area contributed by atoms with Crippen LogP contribution in [0.2, 0.25) is 0 Å². The van der Waals surface area contributed by atoms with Gasteiger partial charge in [-0.1, -0.05) is 81.4 Å². The average Bonchev–Trinajstić information content (AvgIpc) is 3.64. The molecule has 5 amide bonds. The summed E-state index contributed by atoms with van der Waals surface area (Å²) in [6, 6.07) is 19.4. The number of nitrogens with two attached hydrogens (primary N) is 1. The average molecular weight is 903 g/mol. The summed E-state index contributed by atoms with van der Waals surface area (Å²) in [5.41, 5.74) is 6.51. The highest BCUT2D eigenvalue weighted by Crippen LogP contribution is 2.41. The maximum atomic E-state index is 15.2. The number of rotatable bonds is 21. The Morgan fingerprint density at radius 1 is 0.831 bits per heavy atom. The predicted octanol–water partition coefficient (Wildman–Crippen LogP) is 5.67. The van der Waals surface area contributed by atoms with Gasteiger partial charge in [0.15, 0.2) is 0 Å². The van der Waals surface area contributed by atoms with Crippen molar-refractivity contribution in [2.75, 3.05) is 19.7 Å². The number of ether oxygens (including phenoxy) is 2. The number of amides is 5. The van der Waals surface area contributed by atoms with E-state index in [4.69, 9.17) is 15.2 Å². The quantitative estimate of drug-likeness (QED) is 0.0514. The van der Waals surface area contributed by atoms with E-state index < -0.39 is 89.5 Å². The minimum absolute atomic E-state index is 0.00359. The molecule has 1 heterocycles. The maximum Gasteiger partial charge on any atom is 0.408 e. The number of benzene rings is 3. The molecule has 0 fully saturated rings. The van der Waals surface area contributed by atoms with Crippen molar-refractivity contribution in [3.8, 4) is 11.1 Å². The molecule has 0 aliphatic rings. The van der Waals surface area contributed by atoms with E-state index in [1.54, 1.807) is 63.4 Å². The van der Waals surface area contributed by atoms with E-state index in [-0.39, 0.29) is 44.5 Å². The second-order valence-corrected chi connectivity index (χ2v) is 17.7. The van der Waals surface area contributed by atoms with Crippen molar-refractivity contribution < 1.29 is 52.1 Å². The number of primary amides is 1. The highest BCUT2D eigenvalue weighted by molar-refractivity contribution is 5.94. The fourth-order valence-electron chi connectivity index (χ4n) is 7.20. The zero-order chi connectivity index (χ0) is 47.9. The van der Waals surface area contributed by atoms with E-state index in [9.17, 15) is 38.3 Å². The minimum Gasteiger partial charge on any atom is -0.460 e. The van der Waals surface area contributed by atoms with Crippen LogP contribution >= 0.6 is 0 Å². The van der Waals surface area contributed by atoms with Gasteiger partial charge in [0.05, 0.1) is 12.5 Å². The van der Waals surface area contributed by atoms with Gasteiger partial charge in [-0.25, -0.2) is 13.6 Å². The summed E-state index contributed by atoms with van der Waals surface area (Å²) in [6.45, 7) is 9.98. The first kappa shape index (κ1) is 51.0. The van der Waals surface area contributed by atoms with Crippen LogP contribution in [0.4, 0.5) is 13.6 Å². The number of carbonyl (C=O) groups is 6. The van der Waals surface area contributed by atoms with Crippen molar-refractivity contribution >= 4 is 35.7 Å². The van der Waals surface area contributed by atoms with Crippen molar-refractivity contribution in [1.29, 1.82) is 0 Å². The first-order valence-corrected chi connectivity index (χ1v) is 21.3. The first-order valence-electron chi connectivity index (χ1n) is 21.3. The summed E-state index contributed by atoms with van der Waals surface area (Å²) >= 11 is 0. The van der Waals surface area contributed by atoms with Crippen LogP contribution in [-0.2, 0) is 46.6 Å². The Morgan fingerprint density at radius 2 is 1.48 bits per heavy atom. The molecule has 0 radical (unpaired) electrons. The molecule has 65 heavy (non-hydrogen) atoms. The van der Waals surface area contributed by atoms with E-state index in [2.05, 4.69) is 16.0 Å². The molecule has 4 rings (SSSR count). The Balaban J connectivity index is 1.53. The topological polar surface area (TPSA) is 211 Å². The normalized spacial score (nSPS) is 12.9. The van der Waals surface area contributed by atoms with Gasteiger partial charge >= 0.3 is 12.1 Å². The van der Waals surface area contributed by atoms with Crippen LogP contribution in [0.25, 0.3) is 11.1 Å². The number of aliphatic hydroxyl groups excluding tert-OH is 1. The molecule has 0 saturated carbocycles. The fourth-order valence-corrected chi connectivity index (χ4v) is 7.20. The lowest BCUT2D eigenvalue weighted by atomic mass is 9.83. The van der Waals surface area contributed by atoms with E-state index >= 15 is 4.39 Å². The van der Waals surface area contributed by atoms with Crippen LogP contribution in [0.15, 0.2) is 91.1 Å². The summed E-state index contributed by atoms with van der Waals surface area (Å²) in [7, 11) is 0. The molecule has 0 spiro atoms. The van der Waals surface area contributed by atoms with Gasteiger partial charge < -0.3 is 45.7 Å². The molecular formula is C48H60F2N6O9. The molecule has 0 bridgehead atoms. The Kier molecular flexibility index (Phi) is 18.3. The Bertz CT molecular complexity index is 2260. The molecule has 0 aliphatic heterocycles. The number of hydrogen-bond donors (Lipinski definition) is 5. The van der Waals surface area contributed by atoms with Crippen LogP contribution in [0.1, 0.15) is 90.1 Å². The number of aromatic nitrogens is 1. The van der Waals surface area contributed by atoms with Gasteiger partial charge in [0, 0.05) is 49.1 Å². The number of hydrogen-bond acceptors (Lipinski definition) is 9. The number of nitrogens with one attached hydrogen (secondary N) is 3. The lowest BCUT2D eigenvalue weighted by Crippen LogP contribution is -2.55. The lowest BCUT2D eigenvalue weighted by Gasteiger charge is -2.41. The van der Waals surface area contributed by atoms with Crippen LogP contribution in [0, 0.1) is 17.0 Å². The molecule has 4 aromatic rings. The summed E-state index contributed by atoms with van der Waals surface area (Å²) in [5.74, 6) is -5.18. The number of esters is 1. The second-order valence-electron chi connectivity index (χ2n) is 17.7. The summed E-state index contributed by atoms with van der Waals surface area (Å²) in [5, 5.41) is 17.8. The molecule has 17 heteroatoms. The van der Waals surface area contributed by atoms with Gasteiger partial charge in [0.1, 0.15) is 42.5 Å². The molecular weight excluding hydrogens is 843 g/mol. The van der Waals surface area contributed by atoms with Crippen LogP contribution in [0.5, 0.6) is 0 Å². The number of halogens is 2. The molecule has 3 aromatic carbocycles. The highest BCUT2D eigenvalue weighted by atomic mass is 19.1. The Morgan fingerprint density at radius 3 is 2.08 bits per heavy atom.